The van der Waals surface area contributed by atoms with E-state index in [2.05, 4.69) is 257 Å². The van der Waals surface area contributed by atoms with Crippen molar-refractivity contribution >= 4 is 88.8 Å². The Morgan fingerprint density at radius 1 is 0.342 bits per heavy atom. The summed E-state index contributed by atoms with van der Waals surface area (Å²) in [7, 11) is 0. The van der Waals surface area contributed by atoms with Crippen LogP contribution in [0.3, 0.4) is 0 Å². The van der Waals surface area contributed by atoms with Crippen LogP contribution < -0.4 is 9.80 Å². The lowest BCUT2D eigenvalue weighted by molar-refractivity contribution is 0.620. The van der Waals surface area contributed by atoms with Crippen LogP contribution in [0.1, 0.15) is 0 Å². The van der Waals surface area contributed by atoms with E-state index in [0.717, 1.165) is 112 Å². The average Bonchev–Trinajstić information content (AvgIpc) is 4.18. The number of benzene rings is 11. The molecule has 0 saturated heterocycles. The largest absolute Gasteiger partial charge is 0.455 e. The van der Waals surface area contributed by atoms with E-state index in [1.807, 2.05) is 24.3 Å². The summed E-state index contributed by atoms with van der Waals surface area (Å²) in [5.41, 5.74) is 17.0. The van der Waals surface area contributed by atoms with Crippen molar-refractivity contribution in [3.63, 3.8) is 0 Å². The molecule has 0 saturated carbocycles. The lowest BCUT2D eigenvalue weighted by Crippen LogP contribution is -2.09. The van der Waals surface area contributed by atoms with Crippen molar-refractivity contribution in [3.05, 3.63) is 267 Å². The van der Waals surface area contributed by atoms with Gasteiger partial charge in [-0.2, -0.15) is 0 Å². The highest BCUT2D eigenvalue weighted by Gasteiger charge is 2.22. The summed E-state index contributed by atoms with van der Waals surface area (Å²) < 4.78 is 15.5. The molecular formula is C67H44N4O2. The molecule has 6 heteroatoms. The molecular weight excluding hydrogens is 893 g/mol. The van der Waals surface area contributed by atoms with Crippen molar-refractivity contribution in [2.24, 2.45) is 0 Å². The Morgan fingerprint density at radius 3 is 1.64 bits per heavy atom. The molecule has 0 fully saturated rings. The van der Waals surface area contributed by atoms with Gasteiger partial charge in [0.1, 0.15) is 16.7 Å². The molecule has 0 N–H and O–H groups in total. The fourth-order valence-electron chi connectivity index (χ4n) is 10.5. The third-order valence-electron chi connectivity index (χ3n) is 14.0. The van der Waals surface area contributed by atoms with Crippen LogP contribution in [-0.2, 0) is 0 Å². The molecule has 0 atom stereocenters. The molecule has 0 aliphatic carbocycles. The summed E-state index contributed by atoms with van der Waals surface area (Å²) in [5.74, 6) is 0.594. The molecule has 344 valence electrons. The van der Waals surface area contributed by atoms with Gasteiger partial charge in [0.15, 0.2) is 5.58 Å². The molecule has 0 bridgehead atoms. The van der Waals surface area contributed by atoms with Gasteiger partial charge in [-0.25, -0.2) is 4.98 Å². The Kier molecular flexibility index (Phi) is 10.1. The van der Waals surface area contributed by atoms with Crippen molar-refractivity contribution < 1.29 is 8.83 Å². The van der Waals surface area contributed by atoms with Gasteiger partial charge in [-0.15, -0.1) is 0 Å². The van der Waals surface area contributed by atoms with Gasteiger partial charge in [0.25, 0.3) is 0 Å². The number of aromatic nitrogens is 2. The molecule has 0 aliphatic heterocycles. The highest BCUT2D eigenvalue weighted by atomic mass is 16.3. The van der Waals surface area contributed by atoms with E-state index in [9.17, 15) is 0 Å². The van der Waals surface area contributed by atoms with Crippen LogP contribution in [0.2, 0.25) is 0 Å². The van der Waals surface area contributed by atoms with E-state index in [0.29, 0.717) is 5.89 Å². The highest BCUT2D eigenvalue weighted by molar-refractivity contribution is 6.15. The zero-order valence-electron chi connectivity index (χ0n) is 39.5. The fourth-order valence-corrected chi connectivity index (χ4v) is 10.5. The predicted octanol–water partition coefficient (Wildman–Crippen LogP) is 18.8. The Balaban J connectivity index is 0.934. The summed E-state index contributed by atoms with van der Waals surface area (Å²) in [4.78, 5) is 9.39. The van der Waals surface area contributed by atoms with Crippen molar-refractivity contribution in [1.29, 1.82) is 0 Å². The van der Waals surface area contributed by atoms with Gasteiger partial charge in [-0.1, -0.05) is 127 Å². The van der Waals surface area contributed by atoms with Crippen LogP contribution in [0.25, 0.3) is 94.1 Å². The molecule has 11 aromatic carbocycles. The molecule has 0 spiro atoms. The topological polar surface area (TPSA) is 50.6 Å². The normalized spacial score (nSPS) is 11.6. The second kappa shape index (κ2) is 17.5. The standard InChI is InChI=1S/C67H44N4O2/c1-4-18-50(19-5-1)69-44-61(57-24-12-14-26-63(57)69)60-42-49(46-28-33-53(34-29-46)70(51-20-6-2-7-21-51)55-37-30-45-16-10-11-17-48(45)40-55)41-59-58-43-56(38-39-64(58)72-66(59)60)71(52-22-8-3-9-23-52)54-35-31-47(32-36-54)67-68-62-25-13-15-27-65(62)73-67/h1-44H. The first-order chi connectivity index (χ1) is 36.2. The first kappa shape index (κ1) is 42.0. The van der Waals surface area contributed by atoms with Gasteiger partial charge in [0.05, 0.1) is 5.52 Å². The monoisotopic (exact) mass is 936 g/mol. The van der Waals surface area contributed by atoms with E-state index >= 15 is 0 Å². The molecule has 14 aromatic rings. The van der Waals surface area contributed by atoms with Gasteiger partial charge in [-0.3, -0.25) is 0 Å². The number of rotatable bonds is 10. The summed E-state index contributed by atoms with van der Waals surface area (Å²) in [5, 5.41) is 5.61. The molecule has 6 nitrogen and oxygen atoms in total. The van der Waals surface area contributed by atoms with Gasteiger partial charge in [0, 0.05) is 78.9 Å². The number of fused-ring (bicyclic) bond motifs is 6. The van der Waals surface area contributed by atoms with E-state index in [4.69, 9.17) is 13.8 Å². The van der Waals surface area contributed by atoms with Gasteiger partial charge >= 0.3 is 0 Å². The third-order valence-corrected chi connectivity index (χ3v) is 14.0. The van der Waals surface area contributed by atoms with Crippen molar-refractivity contribution in [1.82, 2.24) is 9.55 Å². The van der Waals surface area contributed by atoms with Crippen molar-refractivity contribution in [3.8, 4) is 39.4 Å². The zero-order chi connectivity index (χ0) is 48.2. The third kappa shape index (κ3) is 7.48. The quantitative estimate of drug-likeness (QED) is 0.137. The second-order valence-electron chi connectivity index (χ2n) is 18.4. The number of furan rings is 1. The molecule has 0 amide bonds. The molecule has 0 aliphatic rings. The summed E-state index contributed by atoms with van der Waals surface area (Å²) >= 11 is 0. The van der Waals surface area contributed by atoms with E-state index in [-0.39, 0.29) is 0 Å². The molecule has 0 radical (unpaired) electrons. The minimum atomic E-state index is 0.594. The lowest BCUT2D eigenvalue weighted by Gasteiger charge is -2.26. The second-order valence-corrected chi connectivity index (χ2v) is 18.4. The van der Waals surface area contributed by atoms with Crippen LogP contribution in [0, 0.1) is 0 Å². The van der Waals surface area contributed by atoms with E-state index in [1.165, 1.54) is 10.8 Å². The first-order valence-corrected chi connectivity index (χ1v) is 24.6. The summed E-state index contributed by atoms with van der Waals surface area (Å²) in [6.07, 6.45) is 2.27. The van der Waals surface area contributed by atoms with Gasteiger partial charge in [0.2, 0.25) is 5.89 Å². The SMILES string of the molecule is c1ccc(N(c2ccc(-c3cc(-c4cn(-c5ccccc5)c5ccccc45)c4oc5ccc(N(c6ccccc6)c6ccc(-c7nc8ccccc8o7)cc6)cc5c4c3)cc2)c2ccc3ccccc3c2)cc1. The van der Waals surface area contributed by atoms with Crippen molar-refractivity contribution in [2.45, 2.75) is 0 Å². The van der Waals surface area contributed by atoms with Crippen LogP contribution in [0.5, 0.6) is 0 Å². The Morgan fingerprint density at radius 2 is 0.918 bits per heavy atom. The minimum absolute atomic E-state index is 0.594. The number of nitrogens with zero attached hydrogens (tertiary/aromatic N) is 4. The molecule has 14 rings (SSSR count). The minimum Gasteiger partial charge on any atom is -0.455 e. The Bertz CT molecular complexity index is 4280. The van der Waals surface area contributed by atoms with Crippen LogP contribution in [0.15, 0.2) is 276 Å². The van der Waals surface area contributed by atoms with Crippen LogP contribution in [0.4, 0.5) is 34.1 Å². The molecule has 3 heterocycles. The van der Waals surface area contributed by atoms with E-state index < -0.39 is 0 Å². The van der Waals surface area contributed by atoms with E-state index in [1.54, 1.807) is 0 Å². The first-order valence-electron chi connectivity index (χ1n) is 24.6. The maximum absolute atomic E-state index is 7.06. The number of oxazole rings is 1. The van der Waals surface area contributed by atoms with Crippen molar-refractivity contribution in [2.75, 3.05) is 9.80 Å². The fraction of sp³-hybridized carbons (Fsp3) is 0. The lowest BCUT2D eigenvalue weighted by atomic mass is 9.95. The summed E-state index contributed by atoms with van der Waals surface area (Å²) in [6.45, 7) is 0. The van der Waals surface area contributed by atoms with Gasteiger partial charge < -0.3 is 23.2 Å². The maximum Gasteiger partial charge on any atom is 0.227 e. The Labute approximate surface area is 421 Å². The molecule has 0 unspecified atom stereocenters. The number of hydrogen-bond acceptors (Lipinski definition) is 5. The predicted molar refractivity (Wildman–Crippen MR) is 301 cm³/mol. The van der Waals surface area contributed by atoms with Crippen LogP contribution >= 0.6 is 0 Å². The Hall–Kier alpha value is -9.91. The van der Waals surface area contributed by atoms with Crippen LogP contribution in [-0.4, -0.2) is 9.55 Å². The number of para-hydroxylation sites is 6. The summed E-state index contributed by atoms with van der Waals surface area (Å²) in [6, 6.07) is 92.0. The molecule has 73 heavy (non-hydrogen) atoms. The smallest absolute Gasteiger partial charge is 0.227 e. The average molecular weight is 937 g/mol. The number of anilines is 6. The number of hydrogen-bond donors (Lipinski definition) is 0. The highest BCUT2D eigenvalue weighted by Crippen LogP contribution is 2.46. The van der Waals surface area contributed by atoms with Gasteiger partial charge in [-0.05, 0) is 155 Å². The zero-order valence-corrected chi connectivity index (χ0v) is 39.5. The molecule has 3 aromatic heterocycles. The maximum atomic E-state index is 7.06.